The van der Waals surface area contributed by atoms with Crippen molar-refractivity contribution in [1.82, 2.24) is 4.90 Å². The summed E-state index contributed by atoms with van der Waals surface area (Å²) in [5.74, 6) is 0.735. The van der Waals surface area contributed by atoms with Crippen LogP contribution in [0.3, 0.4) is 0 Å². The quantitative estimate of drug-likeness (QED) is 0.918. The molecule has 3 nitrogen and oxygen atoms in total. The van der Waals surface area contributed by atoms with E-state index in [9.17, 15) is 4.79 Å². The van der Waals surface area contributed by atoms with Crippen molar-refractivity contribution >= 4 is 11.6 Å². The Bertz CT molecular complexity index is 514. The van der Waals surface area contributed by atoms with Gasteiger partial charge < -0.3 is 10.2 Å². The van der Waals surface area contributed by atoms with Crippen LogP contribution in [0.1, 0.15) is 43.2 Å². The van der Waals surface area contributed by atoms with E-state index in [4.69, 9.17) is 0 Å². The first kappa shape index (κ1) is 14.6. The molecule has 3 heteroatoms. The highest BCUT2D eigenvalue weighted by molar-refractivity contribution is 5.91. The first-order valence-corrected chi connectivity index (χ1v) is 8.23. The number of nitrogens with one attached hydrogen (secondary N) is 1. The summed E-state index contributed by atoms with van der Waals surface area (Å²) >= 11 is 0. The van der Waals surface area contributed by atoms with Crippen molar-refractivity contribution < 1.29 is 4.79 Å². The average Bonchev–Trinajstić information content (AvgIpc) is 3.29. The normalized spacial score (nSPS) is 20.5. The molecule has 0 unspecified atom stereocenters. The molecule has 21 heavy (non-hydrogen) atoms. The minimum atomic E-state index is 0.175. The van der Waals surface area contributed by atoms with Gasteiger partial charge in [-0.2, -0.15) is 0 Å². The van der Waals surface area contributed by atoms with E-state index < -0.39 is 0 Å². The van der Waals surface area contributed by atoms with Gasteiger partial charge in [-0.1, -0.05) is 12.1 Å². The van der Waals surface area contributed by atoms with E-state index in [1.54, 1.807) is 0 Å². The molecule has 1 aromatic carbocycles. The fourth-order valence-electron chi connectivity index (χ4n) is 3.31. The molecular formula is C18H26N2O. The number of likely N-dealkylation sites (tertiary alicyclic amines) is 1. The van der Waals surface area contributed by atoms with E-state index in [0.717, 1.165) is 11.7 Å². The Balaban J connectivity index is 1.49. The summed E-state index contributed by atoms with van der Waals surface area (Å²) < 4.78 is 0. The predicted molar refractivity (Wildman–Crippen MR) is 86.5 cm³/mol. The molecule has 1 aliphatic heterocycles. The van der Waals surface area contributed by atoms with Crippen molar-refractivity contribution in [3.05, 3.63) is 29.3 Å². The number of rotatable bonds is 4. The number of carbonyl (C=O) groups is 1. The van der Waals surface area contributed by atoms with Gasteiger partial charge in [0.15, 0.2) is 0 Å². The molecule has 0 atom stereocenters. The van der Waals surface area contributed by atoms with Crippen LogP contribution in [0.2, 0.25) is 0 Å². The Morgan fingerprint density at radius 3 is 2.57 bits per heavy atom. The van der Waals surface area contributed by atoms with Gasteiger partial charge in [0.2, 0.25) is 5.91 Å². The van der Waals surface area contributed by atoms with Gasteiger partial charge in [-0.05, 0) is 75.7 Å². The lowest BCUT2D eigenvalue weighted by Crippen LogP contribution is -2.36. The second-order valence-electron chi connectivity index (χ2n) is 6.71. The molecule has 1 heterocycles. The fraction of sp³-hybridized carbons (Fsp3) is 0.611. The number of nitrogens with zero attached hydrogens (tertiary/aromatic N) is 1. The number of amides is 1. The number of piperidine rings is 1. The van der Waals surface area contributed by atoms with E-state index in [-0.39, 0.29) is 5.91 Å². The molecular weight excluding hydrogens is 260 g/mol. The van der Waals surface area contributed by atoms with Crippen LogP contribution < -0.4 is 5.32 Å². The molecule has 3 rings (SSSR count). The van der Waals surface area contributed by atoms with Gasteiger partial charge in [0, 0.05) is 18.2 Å². The van der Waals surface area contributed by atoms with Crippen molar-refractivity contribution in [2.75, 3.05) is 18.4 Å². The number of hydrogen-bond acceptors (Lipinski definition) is 2. The third-order valence-electron chi connectivity index (χ3n) is 5.07. The molecule has 2 aliphatic rings. The standard InChI is InChI=1S/C18H26N2O/c1-13-4-3-5-17(14(13)2)19-18(21)12-15-8-10-20(11-9-15)16-6-7-16/h3-5,15-16H,6-12H2,1-2H3,(H,19,21). The highest BCUT2D eigenvalue weighted by Crippen LogP contribution is 2.31. The minimum absolute atomic E-state index is 0.175. The van der Waals surface area contributed by atoms with Crippen LogP contribution in [0.5, 0.6) is 0 Å². The molecule has 0 bridgehead atoms. The summed E-state index contributed by atoms with van der Waals surface area (Å²) in [4.78, 5) is 14.9. The van der Waals surface area contributed by atoms with Crippen LogP contribution in [-0.2, 0) is 4.79 Å². The Kier molecular flexibility index (Phi) is 4.29. The number of carbonyl (C=O) groups excluding carboxylic acids is 1. The van der Waals surface area contributed by atoms with Gasteiger partial charge >= 0.3 is 0 Å². The van der Waals surface area contributed by atoms with E-state index >= 15 is 0 Å². The van der Waals surface area contributed by atoms with Crippen LogP contribution in [0, 0.1) is 19.8 Å². The van der Waals surface area contributed by atoms with Crippen molar-refractivity contribution in [2.24, 2.45) is 5.92 Å². The minimum Gasteiger partial charge on any atom is -0.326 e. The lowest BCUT2D eigenvalue weighted by atomic mass is 9.93. The van der Waals surface area contributed by atoms with Crippen molar-refractivity contribution in [3.8, 4) is 0 Å². The van der Waals surface area contributed by atoms with E-state index in [1.807, 2.05) is 12.1 Å². The second kappa shape index (κ2) is 6.18. The first-order valence-electron chi connectivity index (χ1n) is 8.23. The Hall–Kier alpha value is -1.35. The number of anilines is 1. The fourth-order valence-corrected chi connectivity index (χ4v) is 3.31. The summed E-state index contributed by atoms with van der Waals surface area (Å²) in [7, 11) is 0. The average molecular weight is 286 g/mol. The van der Waals surface area contributed by atoms with E-state index in [1.165, 1.54) is 49.9 Å². The van der Waals surface area contributed by atoms with Crippen LogP contribution in [0.25, 0.3) is 0 Å². The summed E-state index contributed by atoms with van der Waals surface area (Å²) in [6.07, 6.45) is 5.80. The molecule has 114 valence electrons. The topological polar surface area (TPSA) is 32.3 Å². The maximum absolute atomic E-state index is 12.2. The Morgan fingerprint density at radius 1 is 1.19 bits per heavy atom. The summed E-state index contributed by atoms with van der Waals surface area (Å²) in [5.41, 5.74) is 3.37. The van der Waals surface area contributed by atoms with Crippen LogP contribution >= 0.6 is 0 Å². The number of hydrogen-bond donors (Lipinski definition) is 1. The summed E-state index contributed by atoms with van der Waals surface area (Å²) in [6.45, 7) is 6.52. The zero-order chi connectivity index (χ0) is 14.8. The lowest BCUT2D eigenvalue weighted by molar-refractivity contribution is -0.117. The highest BCUT2D eigenvalue weighted by Gasteiger charge is 2.32. The third-order valence-corrected chi connectivity index (χ3v) is 5.07. The van der Waals surface area contributed by atoms with Gasteiger partial charge in [-0.3, -0.25) is 4.79 Å². The molecule has 1 aliphatic carbocycles. The number of aryl methyl sites for hydroxylation is 1. The van der Waals surface area contributed by atoms with Gasteiger partial charge in [0.05, 0.1) is 0 Å². The van der Waals surface area contributed by atoms with Crippen LogP contribution in [-0.4, -0.2) is 29.9 Å². The molecule has 0 aromatic heterocycles. The van der Waals surface area contributed by atoms with Crippen LogP contribution in [0.4, 0.5) is 5.69 Å². The number of benzene rings is 1. The zero-order valence-corrected chi connectivity index (χ0v) is 13.2. The largest absolute Gasteiger partial charge is 0.326 e. The zero-order valence-electron chi connectivity index (χ0n) is 13.2. The van der Waals surface area contributed by atoms with Gasteiger partial charge in [-0.25, -0.2) is 0 Å². The van der Waals surface area contributed by atoms with Gasteiger partial charge in [0.25, 0.3) is 0 Å². The smallest absolute Gasteiger partial charge is 0.224 e. The molecule has 1 N–H and O–H groups in total. The van der Waals surface area contributed by atoms with Crippen LogP contribution in [0.15, 0.2) is 18.2 Å². The molecule has 2 fully saturated rings. The Morgan fingerprint density at radius 2 is 1.90 bits per heavy atom. The summed E-state index contributed by atoms with van der Waals surface area (Å²) in [6, 6.07) is 6.95. The van der Waals surface area contributed by atoms with Gasteiger partial charge in [0.1, 0.15) is 0 Å². The molecule has 0 spiro atoms. The second-order valence-corrected chi connectivity index (χ2v) is 6.71. The van der Waals surface area contributed by atoms with E-state index in [0.29, 0.717) is 12.3 Å². The SMILES string of the molecule is Cc1cccc(NC(=O)CC2CCN(C3CC3)CC2)c1C. The molecule has 0 radical (unpaired) electrons. The third kappa shape index (κ3) is 3.65. The molecule has 1 aromatic rings. The maximum atomic E-state index is 12.2. The first-order chi connectivity index (χ1) is 10.1. The predicted octanol–water partition coefficient (Wildman–Crippen LogP) is 3.51. The van der Waals surface area contributed by atoms with Crippen molar-refractivity contribution in [2.45, 2.75) is 52.0 Å². The Labute approximate surface area is 127 Å². The lowest BCUT2D eigenvalue weighted by Gasteiger charge is -2.31. The maximum Gasteiger partial charge on any atom is 0.224 e. The monoisotopic (exact) mass is 286 g/mol. The summed E-state index contributed by atoms with van der Waals surface area (Å²) in [5, 5.41) is 3.09. The molecule has 1 amide bonds. The van der Waals surface area contributed by atoms with Crippen molar-refractivity contribution in [1.29, 1.82) is 0 Å². The van der Waals surface area contributed by atoms with Crippen molar-refractivity contribution in [3.63, 3.8) is 0 Å². The van der Waals surface area contributed by atoms with E-state index in [2.05, 4.69) is 30.1 Å². The van der Waals surface area contributed by atoms with Gasteiger partial charge in [-0.15, -0.1) is 0 Å². The molecule has 1 saturated carbocycles. The molecule has 1 saturated heterocycles. The highest BCUT2D eigenvalue weighted by atomic mass is 16.1.